The number of rotatable bonds is 3. The predicted molar refractivity (Wildman–Crippen MR) is 96.3 cm³/mol. The van der Waals surface area contributed by atoms with Gasteiger partial charge in [0.05, 0.1) is 16.7 Å². The molecule has 0 aliphatic carbocycles. The van der Waals surface area contributed by atoms with Crippen LogP contribution in [0, 0.1) is 23.2 Å². The molecule has 1 amide bonds. The zero-order valence-electron chi connectivity index (χ0n) is 14.9. The van der Waals surface area contributed by atoms with Gasteiger partial charge in [-0.15, -0.1) is 5.10 Å². The number of likely N-dealkylation sites (tertiary alicyclic amines) is 1. The van der Waals surface area contributed by atoms with Gasteiger partial charge in [0.25, 0.3) is 5.91 Å². The summed E-state index contributed by atoms with van der Waals surface area (Å²) in [6.07, 6.45) is 2.97. The largest absolute Gasteiger partial charge is 0.337 e. The fraction of sp³-hybridized carbons (Fsp3) is 0.444. The van der Waals surface area contributed by atoms with Gasteiger partial charge < -0.3 is 4.90 Å². The Morgan fingerprint density at radius 1 is 1.18 bits per heavy atom. The minimum absolute atomic E-state index is 0.0749. The molecule has 3 fully saturated rings. The van der Waals surface area contributed by atoms with Crippen molar-refractivity contribution in [2.24, 2.45) is 11.8 Å². The molecule has 0 unspecified atom stereocenters. The highest BCUT2D eigenvalue weighted by molar-refractivity contribution is 7.89. The van der Waals surface area contributed by atoms with Crippen molar-refractivity contribution < 1.29 is 13.2 Å². The molecule has 28 heavy (non-hydrogen) atoms. The van der Waals surface area contributed by atoms with E-state index in [2.05, 4.69) is 15.4 Å². The molecule has 1 aromatic carbocycles. The molecule has 2 bridgehead atoms. The summed E-state index contributed by atoms with van der Waals surface area (Å²) >= 11 is 0. The first-order valence-electron chi connectivity index (χ1n) is 9.20. The normalized spacial score (nSPS) is 29.0. The van der Waals surface area contributed by atoms with E-state index in [1.807, 2.05) is 6.07 Å². The molecule has 0 saturated carbocycles. The Bertz CT molecular complexity index is 1060. The molecule has 1 aromatic heterocycles. The number of nitrogens with one attached hydrogen (secondary N) is 1. The third-order valence-electron chi connectivity index (χ3n) is 6.31. The van der Waals surface area contributed by atoms with E-state index in [0.29, 0.717) is 18.8 Å². The van der Waals surface area contributed by atoms with E-state index in [4.69, 9.17) is 0 Å². The molecular weight excluding hydrogens is 380 g/mol. The highest BCUT2D eigenvalue weighted by Crippen LogP contribution is 2.51. The number of carbonyl (C=O) groups excluding carboxylic acids is 1. The number of aromatic nitrogens is 3. The Labute approximate surface area is 162 Å². The van der Waals surface area contributed by atoms with Gasteiger partial charge in [-0.1, -0.05) is 17.3 Å². The van der Waals surface area contributed by atoms with Gasteiger partial charge in [-0.3, -0.25) is 9.89 Å². The smallest absolute Gasteiger partial charge is 0.273 e. The number of fused-ring (bicyclic) bond motifs is 5. The lowest BCUT2D eigenvalue weighted by molar-refractivity contribution is 0.0767. The van der Waals surface area contributed by atoms with Crippen LogP contribution >= 0.6 is 0 Å². The van der Waals surface area contributed by atoms with E-state index in [1.54, 1.807) is 21.3 Å². The summed E-state index contributed by atoms with van der Waals surface area (Å²) in [6, 6.07) is 8.06. The Morgan fingerprint density at radius 2 is 1.86 bits per heavy atom. The predicted octanol–water partition coefficient (Wildman–Crippen LogP) is 0.600. The summed E-state index contributed by atoms with van der Waals surface area (Å²) in [6.45, 7) is 1.05. The summed E-state index contributed by atoms with van der Waals surface area (Å²) in [5.74, 6) is 0.0771. The molecule has 4 atom stereocenters. The molecule has 3 saturated heterocycles. The zero-order chi connectivity index (χ0) is 19.5. The monoisotopic (exact) mass is 398 g/mol. The Morgan fingerprint density at radius 3 is 2.46 bits per heavy atom. The van der Waals surface area contributed by atoms with Gasteiger partial charge in [0.15, 0.2) is 0 Å². The third kappa shape index (κ3) is 2.33. The molecule has 10 heteroatoms. The van der Waals surface area contributed by atoms with E-state index < -0.39 is 10.0 Å². The highest BCUT2D eigenvalue weighted by Gasteiger charge is 2.60. The van der Waals surface area contributed by atoms with Crippen LogP contribution in [0.2, 0.25) is 0 Å². The van der Waals surface area contributed by atoms with Crippen molar-refractivity contribution >= 4 is 15.9 Å². The van der Waals surface area contributed by atoms with Crippen molar-refractivity contribution in [1.82, 2.24) is 24.6 Å². The lowest BCUT2D eigenvalue weighted by Crippen LogP contribution is -2.41. The number of sulfonamides is 1. The van der Waals surface area contributed by atoms with Gasteiger partial charge in [-0.25, -0.2) is 8.42 Å². The number of nitriles is 1. The van der Waals surface area contributed by atoms with Crippen molar-refractivity contribution in [2.75, 3.05) is 13.1 Å². The number of H-pyrrole nitrogens is 1. The number of hydrogen-bond acceptors (Lipinski definition) is 6. The van der Waals surface area contributed by atoms with Crippen molar-refractivity contribution in [3.8, 4) is 6.07 Å². The number of benzene rings is 1. The van der Waals surface area contributed by atoms with Gasteiger partial charge in [-0.05, 0) is 36.8 Å². The third-order valence-corrected chi connectivity index (χ3v) is 8.32. The topological polar surface area (TPSA) is 123 Å². The molecule has 3 aliphatic heterocycles. The lowest BCUT2D eigenvalue weighted by atomic mass is 9.82. The summed E-state index contributed by atoms with van der Waals surface area (Å²) in [5.41, 5.74) is 0.516. The fourth-order valence-electron chi connectivity index (χ4n) is 5.21. The minimum Gasteiger partial charge on any atom is -0.337 e. The van der Waals surface area contributed by atoms with E-state index >= 15 is 0 Å². The molecule has 1 N–H and O–H groups in total. The van der Waals surface area contributed by atoms with Crippen LogP contribution in [0.5, 0.6) is 0 Å². The molecule has 144 valence electrons. The van der Waals surface area contributed by atoms with Crippen LogP contribution in [0.25, 0.3) is 0 Å². The first-order chi connectivity index (χ1) is 13.5. The molecular formula is C18H18N6O3S. The Hall–Kier alpha value is -2.77. The van der Waals surface area contributed by atoms with Crippen LogP contribution in [0.15, 0.2) is 35.4 Å². The van der Waals surface area contributed by atoms with E-state index in [9.17, 15) is 18.5 Å². The first-order valence-corrected chi connectivity index (χ1v) is 10.6. The van der Waals surface area contributed by atoms with Crippen LogP contribution in [-0.2, 0) is 10.0 Å². The van der Waals surface area contributed by atoms with Crippen LogP contribution in [0.3, 0.4) is 0 Å². The van der Waals surface area contributed by atoms with Crippen LogP contribution in [-0.4, -0.2) is 64.1 Å². The van der Waals surface area contributed by atoms with Gasteiger partial charge in [0.2, 0.25) is 10.0 Å². The number of nitrogens with zero attached hydrogens (tertiary/aromatic N) is 5. The first kappa shape index (κ1) is 17.3. The molecule has 0 spiro atoms. The van der Waals surface area contributed by atoms with Gasteiger partial charge in [0.1, 0.15) is 11.8 Å². The van der Waals surface area contributed by atoms with Crippen molar-refractivity contribution in [2.45, 2.75) is 29.8 Å². The van der Waals surface area contributed by atoms with E-state index in [-0.39, 0.29) is 40.3 Å². The van der Waals surface area contributed by atoms with Gasteiger partial charge >= 0.3 is 0 Å². The quantitative estimate of drug-likeness (QED) is 0.808. The second-order valence-electron chi connectivity index (χ2n) is 7.56. The van der Waals surface area contributed by atoms with Gasteiger partial charge in [0, 0.05) is 25.2 Å². The molecule has 5 rings (SSSR count). The number of aromatic amines is 1. The standard InChI is InChI=1S/C18H18N6O3S/c19-7-11-3-1-2-4-17(11)28(26,27)24-15-5-6-16(24)13-10-23(9-12(13)15)18(25)14-8-20-22-21-14/h1-4,8,12-13,15-16H,5-6,9-10H2,(H,20,21,22)/t12-,13+,15+,16-. The van der Waals surface area contributed by atoms with Crippen LogP contribution < -0.4 is 0 Å². The second-order valence-corrected chi connectivity index (χ2v) is 9.37. The molecule has 9 nitrogen and oxygen atoms in total. The van der Waals surface area contributed by atoms with Gasteiger partial charge in [-0.2, -0.15) is 9.57 Å². The van der Waals surface area contributed by atoms with E-state index in [0.717, 1.165) is 12.8 Å². The summed E-state index contributed by atoms with van der Waals surface area (Å²) in [5, 5.41) is 19.2. The van der Waals surface area contributed by atoms with E-state index in [1.165, 1.54) is 18.3 Å². The molecule has 2 aromatic rings. The summed E-state index contributed by atoms with van der Waals surface area (Å²) in [4.78, 5) is 14.4. The maximum Gasteiger partial charge on any atom is 0.273 e. The zero-order valence-corrected chi connectivity index (χ0v) is 15.7. The fourth-order valence-corrected chi connectivity index (χ4v) is 7.31. The second kappa shape index (κ2) is 6.12. The maximum absolute atomic E-state index is 13.4. The maximum atomic E-state index is 13.4. The van der Waals surface area contributed by atoms with Crippen LogP contribution in [0.1, 0.15) is 28.9 Å². The van der Waals surface area contributed by atoms with Crippen molar-refractivity contribution in [1.29, 1.82) is 5.26 Å². The van der Waals surface area contributed by atoms with Crippen molar-refractivity contribution in [3.05, 3.63) is 41.7 Å². The summed E-state index contributed by atoms with van der Waals surface area (Å²) in [7, 11) is -3.76. The molecule has 4 heterocycles. The number of amides is 1. The highest BCUT2D eigenvalue weighted by atomic mass is 32.2. The summed E-state index contributed by atoms with van der Waals surface area (Å²) < 4.78 is 28.4. The van der Waals surface area contributed by atoms with Crippen LogP contribution in [0.4, 0.5) is 0 Å². The number of carbonyl (C=O) groups is 1. The Balaban J connectivity index is 1.43. The lowest BCUT2D eigenvalue weighted by Gasteiger charge is -2.26. The number of hydrogen-bond donors (Lipinski definition) is 1. The average Bonchev–Trinajstić information content (AvgIpc) is 3.48. The minimum atomic E-state index is -3.76. The SMILES string of the molecule is N#Cc1ccccc1S(=O)(=O)N1[C@@H]2CC[C@H]1[C@@H]1CN(C(=O)c3cnn[nH]3)C[C@@H]12. The average molecular weight is 398 g/mol. The molecule has 0 radical (unpaired) electrons. The molecule has 3 aliphatic rings. The Kier molecular flexibility index (Phi) is 3.79. The van der Waals surface area contributed by atoms with Crippen molar-refractivity contribution in [3.63, 3.8) is 0 Å².